The fraction of sp³-hybridized carbons (Fsp3) is 0.867. The van der Waals surface area contributed by atoms with E-state index in [9.17, 15) is 4.79 Å². The second-order valence-electron chi connectivity index (χ2n) is 6.18. The van der Waals surface area contributed by atoms with Gasteiger partial charge < -0.3 is 16.3 Å². The molecule has 1 rings (SSSR count). The van der Waals surface area contributed by atoms with E-state index >= 15 is 0 Å². The summed E-state index contributed by atoms with van der Waals surface area (Å²) in [5.74, 6) is 1.18. The Kier molecular flexibility index (Phi) is 6.30. The minimum atomic E-state index is -0.648. The maximum absolute atomic E-state index is 12.2. The normalized spacial score (nSPS) is 28.9. The van der Waals surface area contributed by atoms with Gasteiger partial charge >= 0.3 is 0 Å². The van der Waals surface area contributed by atoms with Crippen LogP contribution in [0.25, 0.3) is 0 Å². The van der Waals surface area contributed by atoms with Crippen LogP contribution in [0.4, 0.5) is 0 Å². The molecule has 0 radical (unpaired) electrons. The number of amides is 1. The van der Waals surface area contributed by atoms with E-state index in [-0.39, 0.29) is 11.7 Å². The first-order valence-corrected chi connectivity index (χ1v) is 7.76. The van der Waals surface area contributed by atoms with Gasteiger partial charge in [0.15, 0.2) is 5.84 Å². The van der Waals surface area contributed by atoms with Gasteiger partial charge in [-0.05, 0) is 37.5 Å². The van der Waals surface area contributed by atoms with Gasteiger partial charge in [0.05, 0.1) is 0 Å². The van der Waals surface area contributed by atoms with E-state index in [1.54, 1.807) is 0 Å². The average Bonchev–Trinajstić information content (AvgIpc) is 2.46. The molecule has 0 aromatic carbocycles. The fourth-order valence-corrected chi connectivity index (χ4v) is 2.90. The molecule has 20 heavy (non-hydrogen) atoms. The lowest BCUT2D eigenvalue weighted by atomic mass is 9.74. The Morgan fingerprint density at radius 1 is 1.45 bits per heavy atom. The lowest BCUT2D eigenvalue weighted by molar-refractivity contribution is -0.123. The standard InChI is InChI=1S/C15H29N3O2/c1-4-11(3)10-13(19)17-15(14(16)18-20)8-6-12(5-2)7-9-15/h11-12,20H,4-10H2,1-3H3,(H2,16,18)(H,17,19). The molecule has 0 aromatic rings. The maximum atomic E-state index is 12.2. The van der Waals surface area contributed by atoms with E-state index < -0.39 is 5.54 Å². The molecule has 1 aliphatic rings. The predicted molar refractivity (Wildman–Crippen MR) is 80.6 cm³/mol. The molecule has 1 unspecified atom stereocenters. The third-order valence-electron chi connectivity index (χ3n) is 4.74. The zero-order valence-electron chi connectivity index (χ0n) is 13.0. The summed E-state index contributed by atoms with van der Waals surface area (Å²) in [5.41, 5.74) is 5.22. The Hall–Kier alpha value is -1.26. The van der Waals surface area contributed by atoms with E-state index in [1.165, 1.54) is 0 Å². The smallest absolute Gasteiger partial charge is 0.221 e. The molecule has 1 atom stereocenters. The number of carbonyl (C=O) groups excluding carboxylic acids is 1. The molecule has 1 aliphatic carbocycles. The van der Waals surface area contributed by atoms with Crippen LogP contribution in [0.1, 0.15) is 65.7 Å². The van der Waals surface area contributed by atoms with E-state index in [1.807, 2.05) is 0 Å². The summed E-state index contributed by atoms with van der Waals surface area (Å²) < 4.78 is 0. The third-order valence-corrected chi connectivity index (χ3v) is 4.74. The zero-order chi connectivity index (χ0) is 15.2. The second kappa shape index (κ2) is 7.50. The van der Waals surface area contributed by atoms with E-state index in [4.69, 9.17) is 10.9 Å². The molecule has 116 valence electrons. The van der Waals surface area contributed by atoms with Crippen LogP contribution < -0.4 is 11.1 Å². The summed E-state index contributed by atoms with van der Waals surface area (Å²) in [6, 6.07) is 0. The molecule has 1 amide bonds. The molecule has 0 saturated heterocycles. The Balaban J connectivity index is 2.73. The van der Waals surface area contributed by atoms with Crippen LogP contribution in [0.3, 0.4) is 0 Å². The third kappa shape index (κ3) is 4.12. The number of nitrogens with one attached hydrogen (secondary N) is 1. The number of hydrogen-bond donors (Lipinski definition) is 3. The number of nitrogens with zero attached hydrogens (tertiary/aromatic N) is 1. The van der Waals surface area contributed by atoms with Gasteiger partial charge in [-0.25, -0.2) is 0 Å². The van der Waals surface area contributed by atoms with E-state index in [2.05, 4.69) is 31.2 Å². The number of carbonyl (C=O) groups is 1. The molecule has 0 bridgehead atoms. The summed E-state index contributed by atoms with van der Waals surface area (Å²) in [6.45, 7) is 6.32. The quantitative estimate of drug-likeness (QED) is 0.303. The highest BCUT2D eigenvalue weighted by Crippen LogP contribution is 2.34. The van der Waals surface area contributed by atoms with Crippen LogP contribution in [0, 0.1) is 11.8 Å². The zero-order valence-corrected chi connectivity index (χ0v) is 13.0. The molecule has 0 heterocycles. The van der Waals surface area contributed by atoms with Crippen molar-refractivity contribution in [2.45, 2.75) is 71.3 Å². The van der Waals surface area contributed by atoms with Gasteiger partial charge in [0.1, 0.15) is 5.54 Å². The van der Waals surface area contributed by atoms with Gasteiger partial charge in [-0.3, -0.25) is 4.79 Å². The van der Waals surface area contributed by atoms with E-state index in [0.717, 1.165) is 38.5 Å². The number of nitrogens with two attached hydrogens (primary N) is 1. The Morgan fingerprint density at radius 2 is 2.05 bits per heavy atom. The van der Waals surface area contributed by atoms with Gasteiger partial charge in [0.2, 0.25) is 5.91 Å². The Morgan fingerprint density at radius 3 is 2.50 bits per heavy atom. The van der Waals surface area contributed by atoms with Crippen molar-refractivity contribution < 1.29 is 10.0 Å². The molecule has 0 spiro atoms. The minimum absolute atomic E-state index is 0.000832. The molecule has 1 saturated carbocycles. The van der Waals surface area contributed by atoms with Crippen LogP contribution in [0.15, 0.2) is 5.16 Å². The number of oxime groups is 1. The van der Waals surface area contributed by atoms with Crippen LogP contribution >= 0.6 is 0 Å². The molecule has 4 N–H and O–H groups in total. The minimum Gasteiger partial charge on any atom is -0.409 e. The number of amidine groups is 1. The fourth-order valence-electron chi connectivity index (χ4n) is 2.90. The highest BCUT2D eigenvalue weighted by atomic mass is 16.4. The molecule has 5 nitrogen and oxygen atoms in total. The maximum Gasteiger partial charge on any atom is 0.221 e. The highest BCUT2D eigenvalue weighted by Gasteiger charge is 2.40. The lowest BCUT2D eigenvalue weighted by Gasteiger charge is -2.39. The van der Waals surface area contributed by atoms with Crippen molar-refractivity contribution in [1.82, 2.24) is 5.32 Å². The van der Waals surface area contributed by atoms with Crippen molar-refractivity contribution in [2.24, 2.45) is 22.7 Å². The first kappa shape index (κ1) is 16.8. The van der Waals surface area contributed by atoms with Crippen molar-refractivity contribution >= 4 is 11.7 Å². The second-order valence-corrected chi connectivity index (χ2v) is 6.18. The first-order chi connectivity index (χ1) is 9.47. The Bertz CT molecular complexity index is 347. The molecule has 1 fully saturated rings. The number of hydrogen-bond acceptors (Lipinski definition) is 3. The van der Waals surface area contributed by atoms with Gasteiger partial charge in [0.25, 0.3) is 0 Å². The van der Waals surface area contributed by atoms with Gasteiger partial charge in [-0.15, -0.1) is 0 Å². The van der Waals surface area contributed by atoms with Crippen molar-refractivity contribution in [3.05, 3.63) is 0 Å². The summed E-state index contributed by atoms with van der Waals surface area (Å²) in [4.78, 5) is 12.2. The SMILES string of the molecule is CCC(C)CC(=O)NC1(C(N)=NO)CCC(CC)CC1. The van der Waals surface area contributed by atoms with E-state index in [0.29, 0.717) is 18.3 Å². The average molecular weight is 283 g/mol. The summed E-state index contributed by atoms with van der Waals surface area (Å²) >= 11 is 0. The predicted octanol–water partition coefficient (Wildman–Crippen LogP) is 2.62. The van der Waals surface area contributed by atoms with Crippen LogP contribution in [-0.2, 0) is 4.79 Å². The van der Waals surface area contributed by atoms with Gasteiger partial charge in [-0.1, -0.05) is 38.8 Å². The molecular weight excluding hydrogens is 254 g/mol. The summed E-state index contributed by atoms with van der Waals surface area (Å²) in [7, 11) is 0. The lowest BCUT2D eigenvalue weighted by Crippen LogP contribution is -2.59. The first-order valence-electron chi connectivity index (χ1n) is 7.76. The highest BCUT2D eigenvalue weighted by molar-refractivity contribution is 5.94. The molecule has 0 aliphatic heterocycles. The Labute approximate surface area is 122 Å². The van der Waals surface area contributed by atoms with Crippen molar-refractivity contribution in [3.63, 3.8) is 0 Å². The topological polar surface area (TPSA) is 87.7 Å². The molecule has 0 aromatic heterocycles. The van der Waals surface area contributed by atoms with Crippen molar-refractivity contribution in [3.8, 4) is 0 Å². The van der Waals surface area contributed by atoms with Crippen molar-refractivity contribution in [2.75, 3.05) is 0 Å². The van der Waals surface area contributed by atoms with Crippen LogP contribution in [0.2, 0.25) is 0 Å². The molecular formula is C15H29N3O2. The van der Waals surface area contributed by atoms with Gasteiger partial charge in [0, 0.05) is 6.42 Å². The largest absolute Gasteiger partial charge is 0.409 e. The van der Waals surface area contributed by atoms with Crippen LogP contribution in [-0.4, -0.2) is 22.5 Å². The summed E-state index contributed by atoms with van der Waals surface area (Å²) in [6.07, 6.45) is 6.15. The van der Waals surface area contributed by atoms with Crippen molar-refractivity contribution in [1.29, 1.82) is 0 Å². The monoisotopic (exact) mass is 283 g/mol. The number of rotatable bonds is 6. The van der Waals surface area contributed by atoms with Gasteiger partial charge in [-0.2, -0.15) is 0 Å². The molecule has 5 heteroatoms. The van der Waals surface area contributed by atoms with Crippen LogP contribution in [0.5, 0.6) is 0 Å². The summed E-state index contributed by atoms with van der Waals surface area (Å²) in [5, 5.41) is 15.2.